The fraction of sp³-hybridized carbons (Fsp3) is 0.357. The first-order chi connectivity index (χ1) is 11.7. The van der Waals surface area contributed by atoms with Gasteiger partial charge in [0.25, 0.3) is 5.56 Å². The summed E-state index contributed by atoms with van der Waals surface area (Å²) in [5.74, 6) is 1.34. The molecule has 2 aliphatic rings. The van der Waals surface area contributed by atoms with Gasteiger partial charge in [-0.1, -0.05) is 5.21 Å². The zero-order chi connectivity index (χ0) is 16.1. The van der Waals surface area contributed by atoms with Crippen molar-refractivity contribution in [1.29, 1.82) is 0 Å². The third-order valence-corrected chi connectivity index (χ3v) is 4.67. The molecule has 2 saturated heterocycles. The number of nitrogens with zero attached hydrogens (tertiary/aromatic N) is 7. The molecule has 0 amide bonds. The van der Waals surface area contributed by atoms with Gasteiger partial charge >= 0.3 is 0 Å². The maximum absolute atomic E-state index is 12.6. The summed E-state index contributed by atoms with van der Waals surface area (Å²) < 4.78 is 2.79. The van der Waals surface area contributed by atoms with E-state index < -0.39 is 0 Å². The highest BCUT2D eigenvalue weighted by atomic mass is 16.1. The first kappa shape index (κ1) is 13.4. The van der Waals surface area contributed by atoms with E-state index in [1.807, 2.05) is 6.07 Å². The number of aromatic nitrogens is 7. The molecule has 0 atom stereocenters. The molecule has 0 aromatic carbocycles. The number of hydrogen-bond acceptors (Lipinski definition) is 7. The maximum Gasteiger partial charge on any atom is 0.298 e. The molecule has 2 N–H and O–H groups in total. The van der Waals surface area contributed by atoms with Crippen molar-refractivity contribution in [1.82, 2.24) is 40.1 Å². The van der Waals surface area contributed by atoms with E-state index in [-0.39, 0.29) is 5.56 Å². The standard InChI is InChI=1S/C14H15N9O/c24-13-10(22-2-1-18-20-22)4-19-23(13)12-3-11(16-9-17-12)21-7-14(8-21)5-15-6-14/h1-4,9,15,19H,5-8H2. The number of aromatic amines is 1. The van der Waals surface area contributed by atoms with Crippen molar-refractivity contribution >= 4 is 5.82 Å². The largest absolute Gasteiger partial charge is 0.355 e. The van der Waals surface area contributed by atoms with Crippen LogP contribution in [0.1, 0.15) is 0 Å². The Balaban J connectivity index is 1.45. The summed E-state index contributed by atoms with van der Waals surface area (Å²) in [6.45, 7) is 4.11. The summed E-state index contributed by atoms with van der Waals surface area (Å²) in [5.41, 5.74) is 0.554. The Morgan fingerprint density at radius 3 is 2.71 bits per heavy atom. The monoisotopic (exact) mass is 325 g/mol. The van der Waals surface area contributed by atoms with E-state index in [2.05, 4.69) is 35.6 Å². The highest BCUT2D eigenvalue weighted by molar-refractivity contribution is 5.48. The van der Waals surface area contributed by atoms with E-state index in [0.717, 1.165) is 32.0 Å². The molecule has 122 valence electrons. The third-order valence-electron chi connectivity index (χ3n) is 4.67. The Hall–Kier alpha value is -3.01. The molecule has 1 spiro atoms. The van der Waals surface area contributed by atoms with E-state index in [4.69, 9.17) is 0 Å². The van der Waals surface area contributed by atoms with E-state index in [1.165, 1.54) is 21.9 Å². The van der Waals surface area contributed by atoms with E-state index in [9.17, 15) is 4.79 Å². The first-order valence-corrected chi connectivity index (χ1v) is 7.69. The number of anilines is 1. The van der Waals surface area contributed by atoms with Gasteiger partial charge in [0, 0.05) is 37.7 Å². The summed E-state index contributed by atoms with van der Waals surface area (Å²) in [5, 5.41) is 13.8. The van der Waals surface area contributed by atoms with Crippen LogP contribution < -0.4 is 15.8 Å². The molecule has 0 aliphatic carbocycles. The van der Waals surface area contributed by atoms with Crippen molar-refractivity contribution in [2.24, 2.45) is 5.41 Å². The van der Waals surface area contributed by atoms with Crippen LogP contribution in [-0.4, -0.2) is 60.9 Å². The third kappa shape index (κ3) is 1.89. The minimum atomic E-state index is -0.242. The second-order valence-electron chi connectivity index (χ2n) is 6.34. The van der Waals surface area contributed by atoms with Crippen molar-refractivity contribution in [3.63, 3.8) is 0 Å². The summed E-state index contributed by atoms with van der Waals surface area (Å²) in [6, 6.07) is 1.82. The summed E-state index contributed by atoms with van der Waals surface area (Å²) in [4.78, 5) is 23.3. The topological polar surface area (TPSA) is 110 Å². The van der Waals surface area contributed by atoms with Gasteiger partial charge in [-0.15, -0.1) is 5.10 Å². The van der Waals surface area contributed by atoms with Gasteiger partial charge in [0.15, 0.2) is 11.5 Å². The lowest BCUT2D eigenvalue weighted by Gasteiger charge is -2.56. The van der Waals surface area contributed by atoms with Gasteiger partial charge in [0.2, 0.25) is 0 Å². The van der Waals surface area contributed by atoms with Crippen molar-refractivity contribution in [3.8, 4) is 11.5 Å². The van der Waals surface area contributed by atoms with Gasteiger partial charge in [0.05, 0.1) is 18.6 Å². The fourth-order valence-electron chi connectivity index (χ4n) is 3.29. The molecule has 24 heavy (non-hydrogen) atoms. The van der Waals surface area contributed by atoms with E-state index in [1.54, 1.807) is 12.4 Å². The molecule has 0 radical (unpaired) electrons. The van der Waals surface area contributed by atoms with Gasteiger partial charge in [-0.05, 0) is 0 Å². The molecule has 10 nitrogen and oxygen atoms in total. The number of rotatable bonds is 3. The number of H-pyrrole nitrogens is 1. The van der Waals surface area contributed by atoms with Crippen molar-refractivity contribution < 1.29 is 0 Å². The average Bonchev–Trinajstić information content (AvgIpc) is 3.14. The van der Waals surface area contributed by atoms with E-state index in [0.29, 0.717) is 16.9 Å². The van der Waals surface area contributed by atoms with Crippen LogP contribution in [-0.2, 0) is 0 Å². The van der Waals surface area contributed by atoms with Crippen molar-refractivity contribution in [3.05, 3.63) is 41.3 Å². The Morgan fingerprint density at radius 1 is 1.17 bits per heavy atom. The van der Waals surface area contributed by atoms with Gasteiger partial charge in [-0.2, -0.15) is 4.68 Å². The zero-order valence-corrected chi connectivity index (χ0v) is 12.8. The van der Waals surface area contributed by atoms with Crippen LogP contribution in [0.2, 0.25) is 0 Å². The van der Waals surface area contributed by atoms with Crippen LogP contribution in [0.5, 0.6) is 0 Å². The highest BCUT2D eigenvalue weighted by Gasteiger charge is 2.48. The minimum absolute atomic E-state index is 0.242. The molecule has 5 heterocycles. The lowest BCUT2D eigenvalue weighted by molar-refractivity contribution is 0.120. The Kier molecular flexibility index (Phi) is 2.65. The van der Waals surface area contributed by atoms with Crippen LogP contribution in [0.4, 0.5) is 5.82 Å². The molecule has 3 aromatic heterocycles. The molecular formula is C14H15N9O. The lowest BCUT2D eigenvalue weighted by atomic mass is 9.74. The SMILES string of the molecule is O=c1c(-n2ccnn2)c[nH]n1-c1cc(N2CC3(CNC3)C2)ncn1. The maximum atomic E-state index is 12.6. The molecule has 0 unspecified atom stereocenters. The Morgan fingerprint density at radius 2 is 2.00 bits per heavy atom. The van der Waals surface area contributed by atoms with Crippen LogP contribution in [0.15, 0.2) is 35.8 Å². The van der Waals surface area contributed by atoms with Crippen LogP contribution in [0.3, 0.4) is 0 Å². The summed E-state index contributed by atoms with van der Waals surface area (Å²) in [6.07, 6.45) is 6.20. The van der Waals surface area contributed by atoms with Crippen LogP contribution in [0, 0.1) is 5.41 Å². The predicted octanol–water partition coefficient (Wildman–Crippen LogP) is -1.05. The summed E-state index contributed by atoms with van der Waals surface area (Å²) >= 11 is 0. The Labute approximate surface area is 136 Å². The highest BCUT2D eigenvalue weighted by Crippen LogP contribution is 2.36. The average molecular weight is 325 g/mol. The van der Waals surface area contributed by atoms with Crippen LogP contribution in [0.25, 0.3) is 11.5 Å². The normalized spacial score (nSPS) is 18.4. The molecule has 10 heteroatoms. The van der Waals surface area contributed by atoms with Crippen molar-refractivity contribution in [2.45, 2.75) is 0 Å². The van der Waals surface area contributed by atoms with Gasteiger partial charge < -0.3 is 10.2 Å². The van der Waals surface area contributed by atoms with Crippen molar-refractivity contribution in [2.75, 3.05) is 31.1 Å². The molecule has 5 rings (SSSR count). The quantitative estimate of drug-likeness (QED) is 0.632. The zero-order valence-electron chi connectivity index (χ0n) is 12.8. The van der Waals surface area contributed by atoms with Crippen LogP contribution >= 0.6 is 0 Å². The molecule has 0 bridgehead atoms. The second kappa shape index (κ2) is 4.74. The fourth-order valence-corrected chi connectivity index (χ4v) is 3.29. The van der Waals surface area contributed by atoms with Gasteiger partial charge in [-0.25, -0.2) is 14.6 Å². The van der Waals surface area contributed by atoms with E-state index >= 15 is 0 Å². The number of hydrogen-bond donors (Lipinski definition) is 2. The molecule has 3 aromatic rings. The second-order valence-corrected chi connectivity index (χ2v) is 6.34. The lowest BCUT2D eigenvalue weighted by Crippen LogP contribution is -2.71. The first-order valence-electron chi connectivity index (χ1n) is 7.69. The van der Waals surface area contributed by atoms with Gasteiger partial charge in [-0.3, -0.25) is 9.89 Å². The number of nitrogens with one attached hydrogen (secondary N) is 2. The molecule has 2 fully saturated rings. The minimum Gasteiger partial charge on any atom is -0.355 e. The van der Waals surface area contributed by atoms with Gasteiger partial charge in [0.1, 0.15) is 12.1 Å². The predicted molar refractivity (Wildman–Crippen MR) is 84.4 cm³/mol. The molecule has 0 saturated carbocycles. The summed E-state index contributed by atoms with van der Waals surface area (Å²) in [7, 11) is 0. The smallest absolute Gasteiger partial charge is 0.298 e. The Bertz CT molecular complexity index is 929. The molecular weight excluding hydrogens is 310 g/mol. The molecule has 2 aliphatic heterocycles.